The number of hydrogen-bond donors (Lipinski definition) is 0. The Morgan fingerprint density at radius 1 is 1.70 bits per heavy atom. The van der Waals surface area contributed by atoms with E-state index in [0.29, 0.717) is 6.61 Å². The normalized spacial score (nSPS) is 28.8. The van der Waals surface area contributed by atoms with Crippen molar-refractivity contribution in [2.24, 2.45) is 0 Å². The minimum Gasteiger partial charge on any atom is -0.376 e. The van der Waals surface area contributed by atoms with Crippen LogP contribution in [0.5, 0.6) is 0 Å². The molecule has 1 aliphatic rings. The Morgan fingerprint density at radius 3 is 3.10 bits per heavy atom. The lowest BCUT2D eigenvalue weighted by Gasteiger charge is -2.31. The van der Waals surface area contributed by atoms with Gasteiger partial charge in [-0.05, 0) is 14.0 Å². The average Bonchev–Trinajstić information content (AvgIpc) is 1.94. The van der Waals surface area contributed by atoms with Crippen LogP contribution in [0.1, 0.15) is 6.92 Å². The molecule has 1 aliphatic heterocycles. The van der Waals surface area contributed by atoms with Crippen molar-refractivity contribution in [3.8, 4) is 0 Å². The van der Waals surface area contributed by atoms with E-state index in [-0.39, 0.29) is 6.23 Å². The molecule has 1 fully saturated rings. The first-order valence-corrected chi connectivity index (χ1v) is 3.74. The highest BCUT2D eigenvalue weighted by Crippen LogP contribution is 2.04. The molecule has 0 aromatic heterocycles. The third-order valence-electron chi connectivity index (χ3n) is 1.70. The quantitative estimate of drug-likeness (QED) is 0.558. The highest BCUT2D eigenvalue weighted by atomic mass is 16.5. The smallest absolute Gasteiger partial charge is 0.134 e. The molecule has 1 saturated heterocycles. The van der Waals surface area contributed by atoms with Gasteiger partial charge in [0.1, 0.15) is 6.23 Å². The molecular formula is C7H15NO2. The lowest BCUT2D eigenvalue weighted by Crippen LogP contribution is -2.44. The number of nitrogens with zero attached hydrogens (tertiary/aromatic N) is 1. The molecule has 1 heterocycles. The third kappa shape index (κ3) is 1.94. The van der Waals surface area contributed by atoms with Gasteiger partial charge in [0.15, 0.2) is 0 Å². The van der Waals surface area contributed by atoms with E-state index in [0.717, 1.165) is 19.8 Å². The van der Waals surface area contributed by atoms with E-state index >= 15 is 0 Å². The van der Waals surface area contributed by atoms with Crippen molar-refractivity contribution in [1.82, 2.24) is 4.90 Å². The Kier molecular flexibility index (Phi) is 3.12. The molecule has 0 amide bonds. The second-order valence-electron chi connectivity index (χ2n) is 2.47. The van der Waals surface area contributed by atoms with Crippen LogP contribution >= 0.6 is 0 Å². The Morgan fingerprint density at radius 2 is 2.50 bits per heavy atom. The summed E-state index contributed by atoms with van der Waals surface area (Å²) in [6, 6.07) is 0. The molecule has 0 unspecified atom stereocenters. The minimum absolute atomic E-state index is 0.179. The molecular weight excluding hydrogens is 130 g/mol. The van der Waals surface area contributed by atoms with Crippen molar-refractivity contribution in [2.75, 3.05) is 33.4 Å². The first kappa shape index (κ1) is 7.98. The van der Waals surface area contributed by atoms with Gasteiger partial charge in [-0.15, -0.1) is 0 Å². The molecule has 0 bridgehead atoms. The summed E-state index contributed by atoms with van der Waals surface area (Å²) in [5, 5.41) is 0. The predicted molar refractivity (Wildman–Crippen MR) is 38.9 cm³/mol. The van der Waals surface area contributed by atoms with Gasteiger partial charge in [0.25, 0.3) is 0 Å². The van der Waals surface area contributed by atoms with Gasteiger partial charge < -0.3 is 9.47 Å². The largest absolute Gasteiger partial charge is 0.376 e. The minimum atomic E-state index is 0.179. The van der Waals surface area contributed by atoms with Crippen LogP contribution in [0.2, 0.25) is 0 Å². The molecule has 0 aromatic carbocycles. The zero-order chi connectivity index (χ0) is 7.40. The Hall–Kier alpha value is -0.120. The lowest BCUT2D eigenvalue weighted by molar-refractivity contribution is -0.126. The first-order valence-electron chi connectivity index (χ1n) is 3.74. The molecule has 3 heteroatoms. The SMILES string of the molecule is CCO[C@H]1COCCN1C. The molecule has 0 radical (unpaired) electrons. The Bertz CT molecular complexity index is 95.6. The summed E-state index contributed by atoms with van der Waals surface area (Å²) >= 11 is 0. The topological polar surface area (TPSA) is 21.7 Å². The van der Waals surface area contributed by atoms with E-state index in [1.165, 1.54) is 0 Å². The number of likely N-dealkylation sites (N-methyl/N-ethyl adjacent to an activating group) is 1. The van der Waals surface area contributed by atoms with Gasteiger partial charge >= 0.3 is 0 Å². The van der Waals surface area contributed by atoms with Crippen LogP contribution in [0.3, 0.4) is 0 Å². The summed E-state index contributed by atoms with van der Waals surface area (Å²) in [6.45, 7) is 5.29. The van der Waals surface area contributed by atoms with Gasteiger partial charge in [-0.2, -0.15) is 0 Å². The van der Waals surface area contributed by atoms with Gasteiger partial charge in [0, 0.05) is 13.2 Å². The number of hydrogen-bond acceptors (Lipinski definition) is 3. The summed E-state index contributed by atoms with van der Waals surface area (Å²) in [4.78, 5) is 2.17. The maximum absolute atomic E-state index is 5.40. The summed E-state index contributed by atoms with van der Waals surface area (Å²) < 4.78 is 10.6. The second-order valence-corrected chi connectivity index (χ2v) is 2.47. The molecule has 3 nitrogen and oxygen atoms in total. The maximum Gasteiger partial charge on any atom is 0.134 e. The van der Waals surface area contributed by atoms with Gasteiger partial charge in [-0.25, -0.2) is 0 Å². The predicted octanol–water partition coefficient (Wildman–Crippen LogP) is 0.311. The van der Waals surface area contributed by atoms with Crippen LogP contribution in [0.4, 0.5) is 0 Å². The summed E-state index contributed by atoms with van der Waals surface area (Å²) in [6.07, 6.45) is 0.179. The van der Waals surface area contributed by atoms with Crippen molar-refractivity contribution in [1.29, 1.82) is 0 Å². The van der Waals surface area contributed by atoms with Gasteiger partial charge in [0.2, 0.25) is 0 Å². The number of ether oxygens (including phenoxy) is 2. The van der Waals surface area contributed by atoms with E-state index < -0.39 is 0 Å². The molecule has 0 aromatic rings. The molecule has 60 valence electrons. The fraction of sp³-hybridized carbons (Fsp3) is 1.00. The van der Waals surface area contributed by atoms with Crippen molar-refractivity contribution in [3.05, 3.63) is 0 Å². The van der Waals surface area contributed by atoms with Crippen LogP contribution in [0.15, 0.2) is 0 Å². The lowest BCUT2D eigenvalue weighted by atomic mass is 10.4. The van der Waals surface area contributed by atoms with Gasteiger partial charge in [-0.3, -0.25) is 4.90 Å². The summed E-state index contributed by atoms with van der Waals surface area (Å²) in [5.41, 5.74) is 0. The van der Waals surface area contributed by atoms with E-state index in [4.69, 9.17) is 9.47 Å². The van der Waals surface area contributed by atoms with Crippen LogP contribution in [0, 0.1) is 0 Å². The molecule has 10 heavy (non-hydrogen) atoms. The van der Waals surface area contributed by atoms with E-state index in [9.17, 15) is 0 Å². The summed E-state index contributed by atoms with van der Waals surface area (Å²) in [7, 11) is 2.06. The fourth-order valence-corrected chi connectivity index (χ4v) is 1.03. The maximum atomic E-state index is 5.40. The van der Waals surface area contributed by atoms with Crippen molar-refractivity contribution in [2.45, 2.75) is 13.2 Å². The molecule has 1 atom stereocenters. The molecule has 0 N–H and O–H groups in total. The first-order chi connectivity index (χ1) is 4.84. The highest BCUT2D eigenvalue weighted by Gasteiger charge is 2.18. The molecule has 0 aliphatic carbocycles. The van der Waals surface area contributed by atoms with E-state index in [1.807, 2.05) is 6.92 Å². The van der Waals surface area contributed by atoms with Crippen molar-refractivity contribution >= 4 is 0 Å². The second kappa shape index (κ2) is 3.91. The standard InChI is InChI=1S/C7H15NO2/c1-3-10-7-6-9-5-4-8(7)2/h7H,3-6H2,1-2H3/t7-/m0/s1. The number of morpholine rings is 1. The molecule has 0 saturated carbocycles. The van der Waals surface area contributed by atoms with Crippen molar-refractivity contribution in [3.63, 3.8) is 0 Å². The monoisotopic (exact) mass is 145 g/mol. The highest BCUT2D eigenvalue weighted by molar-refractivity contribution is 4.62. The number of rotatable bonds is 2. The van der Waals surface area contributed by atoms with Crippen LogP contribution < -0.4 is 0 Å². The van der Waals surface area contributed by atoms with Gasteiger partial charge in [-0.1, -0.05) is 0 Å². The Labute approximate surface area is 61.9 Å². The average molecular weight is 145 g/mol. The van der Waals surface area contributed by atoms with Gasteiger partial charge in [0.05, 0.1) is 13.2 Å². The van der Waals surface area contributed by atoms with Crippen LogP contribution in [-0.4, -0.2) is 44.5 Å². The van der Waals surface area contributed by atoms with Crippen LogP contribution in [0.25, 0.3) is 0 Å². The molecule has 1 rings (SSSR count). The van der Waals surface area contributed by atoms with E-state index in [2.05, 4.69) is 11.9 Å². The zero-order valence-corrected chi connectivity index (χ0v) is 6.67. The zero-order valence-electron chi connectivity index (χ0n) is 6.67. The van der Waals surface area contributed by atoms with Crippen LogP contribution in [-0.2, 0) is 9.47 Å². The molecule has 0 spiro atoms. The van der Waals surface area contributed by atoms with Crippen molar-refractivity contribution < 1.29 is 9.47 Å². The third-order valence-corrected chi connectivity index (χ3v) is 1.70. The summed E-state index contributed by atoms with van der Waals surface area (Å²) in [5.74, 6) is 0. The fourth-order valence-electron chi connectivity index (χ4n) is 1.03. The Balaban J connectivity index is 2.25. The van der Waals surface area contributed by atoms with E-state index in [1.54, 1.807) is 0 Å².